The fourth-order valence-electron chi connectivity index (χ4n) is 2.34. The molecule has 1 fully saturated rings. The number of nitrogens with one attached hydrogen (secondary N) is 1. The molecule has 3 N–H and O–H groups in total. The number of anilines is 1. The van der Waals surface area contributed by atoms with Gasteiger partial charge in [0.15, 0.2) is 23.2 Å². The van der Waals surface area contributed by atoms with Crippen molar-refractivity contribution in [2.75, 3.05) is 19.2 Å². The van der Waals surface area contributed by atoms with Crippen molar-refractivity contribution < 1.29 is 19.8 Å². The Balaban J connectivity index is 2.04. The molecule has 114 valence electrons. The van der Waals surface area contributed by atoms with Crippen molar-refractivity contribution in [3.63, 3.8) is 0 Å². The molecule has 10 heteroatoms. The number of nitrogens with zero attached hydrogens (tertiary/aromatic N) is 4. The summed E-state index contributed by atoms with van der Waals surface area (Å²) < 4.78 is 7.14. The van der Waals surface area contributed by atoms with Gasteiger partial charge < -0.3 is 14.9 Å². The van der Waals surface area contributed by atoms with Crippen molar-refractivity contribution in [3.8, 4) is 0 Å². The van der Waals surface area contributed by atoms with E-state index in [1.54, 1.807) is 4.57 Å². The van der Waals surface area contributed by atoms with E-state index in [-0.39, 0.29) is 11.9 Å². The van der Waals surface area contributed by atoms with Gasteiger partial charge in [-0.1, -0.05) is 0 Å². The minimum Gasteiger partial charge on any atom is -0.394 e. The Bertz CT molecular complexity index is 651. The van der Waals surface area contributed by atoms with Crippen molar-refractivity contribution in [2.24, 2.45) is 0 Å². The van der Waals surface area contributed by atoms with Crippen LogP contribution in [0.15, 0.2) is 6.33 Å². The number of fused-ring (bicyclic) bond motifs is 1. The highest BCUT2D eigenvalue weighted by molar-refractivity contribution is 6.28. The molecule has 1 unspecified atom stereocenters. The van der Waals surface area contributed by atoms with Gasteiger partial charge in [0, 0.05) is 6.42 Å². The number of imidazole rings is 1. The van der Waals surface area contributed by atoms with Crippen molar-refractivity contribution in [3.05, 3.63) is 11.6 Å². The van der Waals surface area contributed by atoms with Crippen LogP contribution in [-0.4, -0.2) is 55.7 Å². The second-order valence-corrected chi connectivity index (χ2v) is 4.94. The van der Waals surface area contributed by atoms with Gasteiger partial charge in [0.2, 0.25) is 5.28 Å². The number of aliphatic hydroxyl groups is 2. The number of aromatic nitrogens is 4. The molecule has 2 aromatic heterocycles. The lowest BCUT2D eigenvalue weighted by molar-refractivity contribution is -0.0486. The van der Waals surface area contributed by atoms with E-state index in [1.807, 2.05) is 0 Å². The van der Waals surface area contributed by atoms with E-state index < -0.39 is 18.4 Å². The molecule has 1 aliphatic rings. The topological polar surface area (TPSA) is 115 Å². The number of rotatable bonds is 4. The average Bonchev–Trinajstić information content (AvgIpc) is 3.02. The SMILES string of the molecule is CONc1nc(Cl)nc2c1ncn2[C@@H]1O[C@H](CO)CC1O. The number of aliphatic hydroxyl groups excluding tert-OH is 2. The van der Waals surface area contributed by atoms with Crippen LogP contribution in [0.5, 0.6) is 0 Å². The number of hydrogen-bond acceptors (Lipinski definition) is 8. The normalized spacial score (nSPS) is 25.6. The molecule has 2 aromatic rings. The van der Waals surface area contributed by atoms with Crippen LogP contribution in [0.4, 0.5) is 5.82 Å². The van der Waals surface area contributed by atoms with Crippen LogP contribution in [0.2, 0.25) is 5.28 Å². The van der Waals surface area contributed by atoms with Crippen molar-refractivity contribution >= 4 is 28.6 Å². The lowest BCUT2D eigenvalue weighted by atomic mass is 10.2. The largest absolute Gasteiger partial charge is 0.394 e. The zero-order valence-corrected chi connectivity index (χ0v) is 11.9. The molecule has 1 aliphatic heterocycles. The molecular weight excluding hydrogens is 302 g/mol. The highest BCUT2D eigenvalue weighted by Gasteiger charge is 2.36. The molecule has 3 rings (SSSR count). The summed E-state index contributed by atoms with van der Waals surface area (Å²) in [5, 5.41) is 19.2. The van der Waals surface area contributed by atoms with Gasteiger partial charge in [-0.2, -0.15) is 9.97 Å². The number of halogens is 1. The summed E-state index contributed by atoms with van der Waals surface area (Å²) in [5.41, 5.74) is 3.41. The summed E-state index contributed by atoms with van der Waals surface area (Å²) in [7, 11) is 1.44. The summed E-state index contributed by atoms with van der Waals surface area (Å²) in [6.07, 6.45) is -0.0653. The van der Waals surface area contributed by atoms with E-state index in [1.165, 1.54) is 13.4 Å². The third-order valence-corrected chi connectivity index (χ3v) is 3.41. The highest BCUT2D eigenvalue weighted by atomic mass is 35.5. The van der Waals surface area contributed by atoms with Gasteiger partial charge in [-0.05, 0) is 11.6 Å². The molecule has 1 saturated heterocycles. The van der Waals surface area contributed by atoms with Gasteiger partial charge in [-0.3, -0.25) is 9.40 Å². The fraction of sp³-hybridized carbons (Fsp3) is 0.545. The van der Waals surface area contributed by atoms with E-state index in [9.17, 15) is 5.11 Å². The van der Waals surface area contributed by atoms with E-state index in [0.29, 0.717) is 23.4 Å². The third-order valence-electron chi connectivity index (χ3n) is 3.24. The van der Waals surface area contributed by atoms with Crippen LogP contribution in [0.25, 0.3) is 11.2 Å². The fourth-order valence-corrected chi connectivity index (χ4v) is 2.51. The van der Waals surface area contributed by atoms with Crippen LogP contribution < -0.4 is 5.48 Å². The quantitative estimate of drug-likeness (QED) is 0.537. The van der Waals surface area contributed by atoms with Crippen LogP contribution in [0, 0.1) is 0 Å². The summed E-state index contributed by atoms with van der Waals surface area (Å²) in [4.78, 5) is 17.1. The first-order chi connectivity index (χ1) is 10.1. The predicted molar refractivity (Wildman–Crippen MR) is 72.6 cm³/mol. The molecule has 0 aromatic carbocycles. The standard InChI is InChI=1S/C11H14ClN5O4/c1-20-16-8-7-9(15-11(12)14-8)17(4-13-7)10-6(19)2-5(3-18)21-10/h4-6,10,18-19H,2-3H2,1H3,(H,14,15,16)/t5-,6?,10+/m0/s1. The zero-order chi connectivity index (χ0) is 15.0. The molecule has 9 nitrogen and oxygen atoms in total. The minimum absolute atomic E-state index is 0.00925. The monoisotopic (exact) mass is 315 g/mol. The molecule has 0 saturated carbocycles. The van der Waals surface area contributed by atoms with E-state index in [4.69, 9.17) is 26.3 Å². The maximum atomic E-state index is 10.1. The molecule has 21 heavy (non-hydrogen) atoms. The smallest absolute Gasteiger partial charge is 0.226 e. The maximum absolute atomic E-state index is 10.1. The van der Waals surface area contributed by atoms with Crippen LogP contribution >= 0.6 is 11.6 Å². The molecule has 3 heterocycles. The van der Waals surface area contributed by atoms with Crippen LogP contribution in [0.1, 0.15) is 12.6 Å². The van der Waals surface area contributed by atoms with Gasteiger partial charge in [0.05, 0.1) is 26.1 Å². The Kier molecular flexibility index (Phi) is 3.91. The zero-order valence-electron chi connectivity index (χ0n) is 11.1. The lowest BCUT2D eigenvalue weighted by Crippen LogP contribution is -2.19. The molecule has 0 bridgehead atoms. The number of hydrogen-bond donors (Lipinski definition) is 3. The Labute approximate surface area is 124 Å². The van der Waals surface area contributed by atoms with Crippen molar-refractivity contribution in [1.82, 2.24) is 19.5 Å². The maximum Gasteiger partial charge on any atom is 0.226 e. The van der Waals surface area contributed by atoms with Gasteiger partial charge in [0.1, 0.15) is 6.10 Å². The first-order valence-electron chi connectivity index (χ1n) is 6.27. The summed E-state index contributed by atoms with van der Waals surface area (Å²) in [6, 6.07) is 0. The minimum atomic E-state index is -0.771. The molecule has 3 atom stereocenters. The summed E-state index contributed by atoms with van der Waals surface area (Å²) in [5.74, 6) is 0.317. The third kappa shape index (κ3) is 2.54. The van der Waals surface area contributed by atoms with Gasteiger partial charge in [-0.25, -0.2) is 10.5 Å². The van der Waals surface area contributed by atoms with Crippen LogP contribution in [0.3, 0.4) is 0 Å². The molecule has 0 aliphatic carbocycles. The van der Waals surface area contributed by atoms with Crippen molar-refractivity contribution in [2.45, 2.75) is 24.9 Å². The lowest BCUT2D eigenvalue weighted by Gasteiger charge is -2.16. The molecule has 0 amide bonds. The Morgan fingerprint density at radius 3 is 3.05 bits per heavy atom. The van der Waals surface area contributed by atoms with Gasteiger partial charge in [0.25, 0.3) is 0 Å². The average molecular weight is 316 g/mol. The van der Waals surface area contributed by atoms with Crippen molar-refractivity contribution in [1.29, 1.82) is 0 Å². The molecule has 0 radical (unpaired) electrons. The van der Waals surface area contributed by atoms with E-state index >= 15 is 0 Å². The van der Waals surface area contributed by atoms with Gasteiger partial charge >= 0.3 is 0 Å². The van der Waals surface area contributed by atoms with E-state index in [0.717, 1.165) is 0 Å². The Hall–Kier alpha value is -1.52. The predicted octanol–water partition coefficient (Wildman–Crippen LogP) is 0.0937. The highest BCUT2D eigenvalue weighted by Crippen LogP contribution is 2.32. The Morgan fingerprint density at radius 1 is 1.57 bits per heavy atom. The first-order valence-corrected chi connectivity index (χ1v) is 6.65. The number of ether oxygens (including phenoxy) is 1. The summed E-state index contributed by atoms with van der Waals surface area (Å²) >= 11 is 5.89. The van der Waals surface area contributed by atoms with Crippen LogP contribution in [-0.2, 0) is 9.57 Å². The van der Waals surface area contributed by atoms with E-state index in [2.05, 4.69) is 20.4 Å². The molecular formula is C11H14ClN5O4. The second kappa shape index (κ2) is 5.70. The second-order valence-electron chi connectivity index (χ2n) is 4.61. The first kappa shape index (κ1) is 14.4. The molecule has 0 spiro atoms. The Morgan fingerprint density at radius 2 is 2.38 bits per heavy atom. The van der Waals surface area contributed by atoms with Gasteiger partial charge in [-0.15, -0.1) is 0 Å². The summed E-state index contributed by atoms with van der Waals surface area (Å²) in [6.45, 7) is -0.160.